The van der Waals surface area contributed by atoms with Gasteiger partial charge in [0.2, 0.25) is 0 Å². The zero-order valence-electron chi connectivity index (χ0n) is 14.7. The standard InChI is InChI=1S/C18H12BrN3O6S/c1-28-14-7-9(6-13(15(14)23)22(26)27)5-12-16(24)20-18(29)21(17(12)25)11-4-2-3-10(19)8-11/h2-8,23H,1H3,(H,20,24,29)/p-1/b12-5-. The molecule has 1 saturated heterocycles. The molecule has 29 heavy (non-hydrogen) atoms. The Hall–Kier alpha value is -3.31. The van der Waals surface area contributed by atoms with Crippen LogP contribution in [0.5, 0.6) is 11.5 Å². The molecule has 0 bridgehead atoms. The lowest BCUT2D eigenvalue weighted by molar-refractivity contribution is -0.398. The molecule has 1 aliphatic heterocycles. The van der Waals surface area contributed by atoms with E-state index in [4.69, 9.17) is 17.0 Å². The normalized spacial score (nSPS) is 15.4. The summed E-state index contributed by atoms with van der Waals surface area (Å²) in [4.78, 5) is 36.7. The molecule has 9 nitrogen and oxygen atoms in total. The first-order valence-corrected chi connectivity index (χ1v) is 9.13. The predicted molar refractivity (Wildman–Crippen MR) is 109 cm³/mol. The van der Waals surface area contributed by atoms with Gasteiger partial charge in [0, 0.05) is 16.3 Å². The van der Waals surface area contributed by atoms with Crippen molar-refractivity contribution in [1.82, 2.24) is 5.32 Å². The van der Waals surface area contributed by atoms with Gasteiger partial charge in [0.05, 0.1) is 17.7 Å². The van der Waals surface area contributed by atoms with Crippen LogP contribution in [-0.2, 0) is 9.59 Å². The van der Waals surface area contributed by atoms with E-state index in [1.807, 2.05) is 0 Å². The number of carbonyl (C=O) groups excluding carboxylic acids is 2. The number of hydrogen-bond donors (Lipinski definition) is 1. The summed E-state index contributed by atoms with van der Waals surface area (Å²) in [5, 5.41) is 25.4. The minimum atomic E-state index is -0.906. The summed E-state index contributed by atoms with van der Waals surface area (Å²) in [5.74, 6) is -2.67. The molecule has 2 aromatic rings. The van der Waals surface area contributed by atoms with E-state index in [9.17, 15) is 24.8 Å². The molecule has 1 N–H and O–H groups in total. The largest absolute Gasteiger partial charge is 0.865 e. The van der Waals surface area contributed by atoms with Crippen LogP contribution in [0, 0.1) is 10.1 Å². The predicted octanol–water partition coefficient (Wildman–Crippen LogP) is 2.27. The number of nitrogens with one attached hydrogen (secondary N) is 1. The lowest BCUT2D eigenvalue weighted by Crippen LogP contribution is -2.54. The maximum atomic E-state index is 13.0. The monoisotopic (exact) mass is 476 g/mol. The molecule has 0 aromatic heterocycles. The van der Waals surface area contributed by atoms with Crippen LogP contribution in [0.4, 0.5) is 11.4 Å². The summed E-state index contributed by atoms with van der Waals surface area (Å²) >= 11 is 8.42. The highest BCUT2D eigenvalue weighted by atomic mass is 79.9. The van der Waals surface area contributed by atoms with Gasteiger partial charge in [-0.05, 0) is 48.1 Å². The van der Waals surface area contributed by atoms with Gasteiger partial charge in [-0.25, -0.2) is 0 Å². The Kier molecular flexibility index (Phi) is 5.62. The molecule has 0 unspecified atom stereocenters. The lowest BCUT2D eigenvalue weighted by atomic mass is 10.1. The number of rotatable bonds is 4. The molecular formula is C18H11BrN3O6S-. The van der Waals surface area contributed by atoms with Gasteiger partial charge >= 0.3 is 0 Å². The second-order valence-electron chi connectivity index (χ2n) is 5.77. The van der Waals surface area contributed by atoms with Crippen molar-refractivity contribution < 1.29 is 24.4 Å². The molecule has 11 heteroatoms. The van der Waals surface area contributed by atoms with Crippen molar-refractivity contribution in [2.24, 2.45) is 0 Å². The summed E-state index contributed by atoms with van der Waals surface area (Å²) in [7, 11) is 1.18. The van der Waals surface area contributed by atoms with E-state index in [1.54, 1.807) is 24.3 Å². The van der Waals surface area contributed by atoms with Crippen LogP contribution < -0.4 is 20.1 Å². The molecule has 2 aromatic carbocycles. The zero-order valence-corrected chi connectivity index (χ0v) is 17.1. The number of thiocarbonyl (C=S) groups is 1. The fourth-order valence-corrected chi connectivity index (χ4v) is 3.32. The summed E-state index contributed by atoms with van der Waals surface area (Å²) in [5.41, 5.74) is -0.555. The third-order valence-corrected chi connectivity index (χ3v) is 4.73. The van der Waals surface area contributed by atoms with Gasteiger partial charge in [-0.15, -0.1) is 0 Å². The number of nitro benzene ring substituents is 1. The molecule has 1 aliphatic rings. The van der Waals surface area contributed by atoms with Crippen LogP contribution >= 0.6 is 28.1 Å². The smallest absolute Gasteiger partial charge is 0.270 e. The summed E-state index contributed by atoms with van der Waals surface area (Å²) in [6, 6.07) is 8.89. The number of anilines is 1. The number of halogens is 1. The maximum Gasteiger partial charge on any atom is 0.270 e. The molecule has 0 atom stereocenters. The highest BCUT2D eigenvalue weighted by Gasteiger charge is 2.34. The lowest BCUT2D eigenvalue weighted by Gasteiger charge is -2.29. The minimum Gasteiger partial charge on any atom is -0.865 e. The second-order valence-corrected chi connectivity index (χ2v) is 7.07. The first kappa shape index (κ1) is 20.4. The topological polar surface area (TPSA) is 125 Å². The first-order valence-electron chi connectivity index (χ1n) is 7.93. The van der Waals surface area contributed by atoms with E-state index in [1.165, 1.54) is 13.2 Å². The van der Waals surface area contributed by atoms with Gasteiger partial charge < -0.3 is 9.84 Å². The second kappa shape index (κ2) is 7.97. The first-order chi connectivity index (χ1) is 13.7. The highest BCUT2D eigenvalue weighted by Crippen LogP contribution is 2.35. The Balaban J connectivity index is 2.10. The number of amides is 2. The number of nitrogens with zero attached hydrogens (tertiary/aromatic N) is 2. The van der Waals surface area contributed by atoms with Gasteiger partial charge in [0.1, 0.15) is 11.3 Å². The van der Waals surface area contributed by atoms with Crippen LogP contribution in [0.2, 0.25) is 0 Å². The average molecular weight is 477 g/mol. The number of benzene rings is 2. The van der Waals surface area contributed by atoms with Crippen LogP contribution in [0.15, 0.2) is 46.4 Å². The van der Waals surface area contributed by atoms with Gasteiger partial charge in [0.15, 0.2) is 5.11 Å². The van der Waals surface area contributed by atoms with Crippen molar-refractivity contribution in [3.63, 3.8) is 0 Å². The van der Waals surface area contributed by atoms with Gasteiger partial charge in [-0.2, -0.15) is 0 Å². The molecule has 2 amide bonds. The Morgan fingerprint density at radius 2 is 2.00 bits per heavy atom. The van der Waals surface area contributed by atoms with Crippen LogP contribution in [0.3, 0.4) is 0 Å². The number of ether oxygens (including phenoxy) is 1. The summed E-state index contributed by atoms with van der Waals surface area (Å²) in [6.45, 7) is 0. The Labute approximate surface area is 177 Å². The number of methoxy groups -OCH3 is 1. The molecule has 1 heterocycles. The van der Waals surface area contributed by atoms with E-state index in [-0.39, 0.29) is 22.0 Å². The van der Waals surface area contributed by atoms with Gasteiger partial charge in [-0.3, -0.25) is 29.9 Å². The third-order valence-electron chi connectivity index (χ3n) is 3.95. The van der Waals surface area contributed by atoms with Gasteiger partial charge in [0.25, 0.3) is 17.5 Å². The van der Waals surface area contributed by atoms with Crippen molar-refractivity contribution >= 4 is 62.5 Å². The molecule has 0 saturated carbocycles. The maximum absolute atomic E-state index is 13.0. The molecule has 3 rings (SSSR count). The van der Waals surface area contributed by atoms with E-state index in [0.29, 0.717) is 10.2 Å². The molecule has 1 fully saturated rings. The Morgan fingerprint density at radius 3 is 2.62 bits per heavy atom. The SMILES string of the molecule is COc1cc(/C=C2/C(=O)NC(=S)N(c3cccc(Br)c3)C2=O)cc([N+](=O)[O-])c1[O-]. The zero-order chi connectivity index (χ0) is 21.3. The highest BCUT2D eigenvalue weighted by molar-refractivity contribution is 9.10. The Bertz CT molecular complexity index is 1100. The number of nitro groups is 1. The fraction of sp³-hybridized carbons (Fsp3) is 0.0556. The third kappa shape index (κ3) is 3.96. The van der Waals surface area contributed by atoms with Crippen molar-refractivity contribution in [3.8, 4) is 11.5 Å². The van der Waals surface area contributed by atoms with Gasteiger partial charge in [-0.1, -0.05) is 22.0 Å². The van der Waals surface area contributed by atoms with Crippen molar-refractivity contribution in [2.75, 3.05) is 12.0 Å². The van der Waals surface area contributed by atoms with E-state index in [2.05, 4.69) is 21.2 Å². The van der Waals surface area contributed by atoms with E-state index in [0.717, 1.165) is 17.0 Å². The van der Waals surface area contributed by atoms with Crippen LogP contribution in [-0.4, -0.2) is 29.0 Å². The Morgan fingerprint density at radius 1 is 1.28 bits per heavy atom. The molecule has 0 aliphatic carbocycles. The van der Waals surface area contributed by atoms with Crippen LogP contribution in [0.1, 0.15) is 5.56 Å². The van der Waals surface area contributed by atoms with E-state index < -0.39 is 28.2 Å². The molecular weight excluding hydrogens is 466 g/mol. The van der Waals surface area contributed by atoms with Crippen molar-refractivity contribution in [3.05, 3.63) is 62.1 Å². The van der Waals surface area contributed by atoms with Crippen LogP contribution in [0.25, 0.3) is 6.08 Å². The minimum absolute atomic E-state index is 0.0775. The van der Waals surface area contributed by atoms with Crippen molar-refractivity contribution in [2.45, 2.75) is 0 Å². The van der Waals surface area contributed by atoms with Crippen molar-refractivity contribution in [1.29, 1.82) is 0 Å². The fourth-order valence-electron chi connectivity index (χ4n) is 2.65. The summed E-state index contributed by atoms with van der Waals surface area (Å²) < 4.78 is 5.57. The molecule has 148 valence electrons. The van der Waals surface area contributed by atoms with E-state index >= 15 is 0 Å². The number of hydrogen-bond acceptors (Lipinski definition) is 7. The number of carbonyl (C=O) groups is 2. The molecule has 0 radical (unpaired) electrons. The average Bonchev–Trinajstić information content (AvgIpc) is 2.65. The summed E-state index contributed by atoms with van der Waals surface area (Å²) in [6.07, 6.45) is 1.14. The molecule has 0 spiro atoms. The quantitative estimate of drug-likeness (QED) is 0.236.